The van der Waals surface area contributed by atoms with Crippen molar-refractivity contribution in [3.63, 3.8) is 0 Å². The summed E-state index contributed by atoms with van der Waals surface area (Å²) in [5, 5.41) is 0.281. The van der Waals surface area contributed by atoms with E-state index in [0.29, 0.717) is 30.2 Å². The second-order valence-corrected chi connectivity index (χ2v) is 8.86. The van der Waals surface area contributed by atoms with Crippen LogP contribution < -0.4 is 16.1 Å². The SMILES string of the molecule is Cn1c(=O)c2cc(C(=O)N3CCC(CN4CCc5ccccc54)CC3)cnc2n(C)c1=O. The topological polar surface area (TPSA) is 80.4 Å². The summed E-state index contributed by atoms with van der Waals surface area (Å²) in [6.45, 7) is 3.49. The zero-order valence-electron chi connectivity index (χ0n) is 18.5. The average Bonchev–Trinajstić information content (AvgIpc) is 3.24. The average molecular weight is 434 g/mol. The first-order chi connectivity index (χ1) is 15.4. The van der Waals surface area contributed by atoms with E-state index in [4.69, 9.17) is 0 Å². The van der Waals surface area contributed by atoms with Gasteiger partial charge < -0.3 is 9.80 Å². The molecule has 4 heterocycles. The molecule has 2 aliphatic rings. The number of piperidine rings is 1. The highest BCUT2D eigenvalue weighted by Crippen LogP contribution is 2.30. The molecule has 2 aromatic heterocycles. The number of rotatable bonds is 3. The fourth-order valence-electron chi connectivity index (χ4n) is 4.99. The van der Waals surface area contributed by atoms with E-state index >= 15 is 0 Å². The van der Waals surface area contributed by atoms with E-state index < -0.39 is 11.2 Å². The summed E-state index contributed by atoms with van der Waals surface area (Å²) >= 11 is 0. The number of fused-ring (bicyclic) bond motifs is 2. The number of hydrogen-bond donors (Lipinski definition) is 0. The number of carbonyl (C=O) groups is 1. The number of para-hydroxylation sites is 1. The van der Waals surface area contributed by atoms with Crippen molar-refractivity contribution in [2.24, 2.45) is 20.0 Å². The lowest BCUT2D eigenvalue weighted by Gasteiger charge is -2.34. The first-order valence-electron chi connectivity index (χ1n) is 11.1. The first-order valence-corrected chi connectivity index (χ1v) is 11.1. The van der Waals surface area contributed by atoms with Crippen molar-refractivity contribution in [3.05, 3.63) is 68.5 Å². The van der Waals surface area contributed by atoms with Crippen LogP contribution in [0.3, 0.4) is 0 Å². The minimum absolute atomic E-state index is 0.111. The number of amides is 1. The van der Waals surface area contributed by atoms with Gasteiger partial charge in [0.15, 0.2) is 0 Å². The lowest BCUT2D eigenvalue weighted by atomic mass is 9.95. The molecule has 2 aliphatic heterocycles. The summed E-state index contributed by atoms with van der Waals surface area (Å²) in [4.78, 5) is 46.3. The van der Waals surface area contributed by atoms with Gasteiger partial charge in [-0.15, -0.1) is 0 Å². The molecule has 0 atom stereocenters. The third-order valence-electron chi connectivity index (χ3n) is 6.90. The molecular weight excluding hydrogens is 406 g/mol. The Hall–Kier alpha value is -3.42. The lowest BCUT2D eigenvalue weighted by molar-refractivity contribution is 0.0692. The van der Waals surface area contributed by atoms with Crippen LogP contribution in [0.1, 0.15) is 28.8 Å². The number of hydrogen-bond acceptors (Lipinski definition) is 5. The second kappa shape index (κ2) is 7.93. The summed E-state index contributed by atoms with van der Waals surface area (Å²) in [6, 6.07) is 10.2. The normalized spacial score (nSPS) is 16.6. The molecular formula is C24H27N5O3. The van der Waals surface area contributed by atoms with Crippen molar-refractivity contribution in [2.45, 2.75) is 19.3 Å². The van der Waals surface area contributed by atoms with E-state index in [-0.39, 0.29) is 11.3 Å². The Morgan fingerprint density at radius 3 is 2.59 bits per heavy atom. The number of nitrogens with zero attached hydrogens (tertiary/aromatic N) is 5. The van der Waals surface area contributed by atoms with E-state index in [1.165, 1.54) is 29.1 Å². The zero-order valence-corrected chi connectivity index (χ0v) is 18.5. The van der Waals surface area contributed by atoms with Gasteiger partial charge >= 0.3 is 5.69 Å². The molecule has 0 aliphatic carbocycles. The van der Waals surface area contributed by atoms with Crippen molar-refractivity contribution in [1.29, 1.82) is 0 Å². The van der Waals surface area contributed by atoms with E-state index in [1.54, 1.807) is 13.1 Å². The number of anilines is 1. The fourth-order valence-corrected chi connectivity index (χ4v) is 4.99. The fraction of sp³-hybridized carbons (Fsp3) is 0.417. The molecule has 8 heteroatoms. The number of benzene rings is 1. The van der Waals surface area contributed by atoms with Crippen LogP contribution in [0.4, 0.5) is 5.69 Å². The Labute approximate surface area is 185 Å². The minimum Gasteiger partial charge on any atom is -0.371 e. The van der Waals surface area contributed by atoms with Crippen molar-refractivity contribution in [2.75, 3.05) is 31.1 Å². The molecule has 32 heavy (non-hydrogen) atoms. The second-order valence-electron chi connectivity index (χ2n) is 8.86. The highest BCUT2D eigenvalue weighted by Gasteiger charge is 2.27. The Morgan fingerprint density at radius 1 is 1.06 bits per heavy atom. The van der Waals surface area contributed by atoms with Crippen LogP contribution in [0, 0.1) is 5.92 Å². The molecule has 0 radical (unpaired) electrons. The molecule has 0 bridgehead atoms. The molecule has 1 fully saturated rings. The Balaban J connectivity index is 1.28. The van der Waals surface area contributed by atoms with Gasteiger partial charge in [-0.1, -0.05) is 18.2 Å². The zero-order chi connectivity index (χ0) is 22.4. The molecule has 3 aromatic rings. The molecule has 1 amide bonds. The predicted molar refractivity (Wildman–Crippen MR) is 123 cm³/mol. The van der Waals surface area contributed by atoms with Crippen molar-refractivity contribution < 1.29 is 4.79 Å². The largest absolute Gasteiger partial charge is 0.371 e. The molecule has 8 nitrogen and oxygen atoms in total. The highest BCUT2D eigenvalue weighted by atomic mass is 16.2. The number of likely N-dealkylation sites (tertiary alicyclic amines) is 1. The van der Waals surface area contributed by atoms with Gasteiger partial charge in [0.2, 0.25) is 0 Å². The molecule has 5 rings (SSSR count). The van der Waals surface area contributed by atoms with E-state index in [9.17, 15) is 14.4 Å². The van der Waals surface area contributed by atoms with Crippen LogP contribution in [-0.4, -0.2) is 51.1 Å². The minimum atomic E-state index is -0.435. The van der Waals surface area contributed by atoms with E-state index in [0.717, 1.165) is 36.9 Å². The smallest absolute Gasteiger partial charge is 0.332 e. The standard InChI is InChI=1S/C24H27N5O3/c1-26-21-19(23(31)27(2)24(26)32)13-18(14-25-21)22(30)28-10-7-16(8-11-28)15-29-12-9-17-5-3-4-6-20(17)29/h3-6,13-14,16H,7-12,15H2,1-2H3. The monoisotopic (exact) mass is 433 g/mol. The Morgan fingerprint density at radius 2 is 1.81 bits per heavy atom. The maximum atomic E-state index is 13.1. The molecule has 0 N–H and O–H groups in total. The summed E-state index contributed by atoms with van der Waals surface area (Å²) < 4.78 is 2.37. The Kier molecular flexibility index (Phi) is 5.07. The summed E-state index contributed by atoms with van der Waals surface area (Å²) in [5.41, 5.74) is 2.59. The number of carbonyl (C=O) groups excluding carboxylic acids is 1. The Bertz CT molecular complexity index is 1320. The van der Waals surface area contributed by atoms with Crippen LogP contribution in [-0.2, 0) is 20.5 Å². The van der Waals surface area contributed by atoms with Gasteiger partial charge in [-0.3, -0.25) is 18.7 Å². The summed E-state index contributed by atoms with van der Waals surface area (Å²) in [5.74, 6) is 0.446. The number of aryl methyl sites for hydroxylation is 1. The van der Waals surface area contributed by atoms with Crippen molar-refractivity contribution in [3.8, 4) is 0 Å². The van der Waals surface area contributed by atoms with Gasteiger partial charge in [0.1, 0.15) is 5.65 Å². The lowest BCUT2D eigenvalue weighted by Crippen LogP contribution is -2.41. The van der Waals surface area contributed by atoms with Gasteiger partial charge in [-0.2, -0.15) is 0 Å². The molecule has 1 aromatic carbocycles. The third-order valence-corrected chi connectivity index (χ3v) is 6.90. The molecule has 0 unspecified atom stereocenters. The third kappa shape index (κ3) is 3.39. The van der Waals surface area contributed by atoms with Gasteiger partial charge in [-0.05, 0) is 42.9 Å². The maximum Gasteiger partial charge on any atom is 0.332 e. The van der Waals surface area contributed by atoms with E-state index in [1.807, 2.05) is 4.90 Å². The number of aromatic nitrogens is 3. The summed E-state index contributed by atoms with van der Waals surface area (Å²) in [7, 11) is 3.00. The van der Waals surface area contributed by atoms with Crippen LogP contribution in [0.5, 0.6) is 0 Å². The summed E-state index contributed by atoms with van der Waals surface area (Å²) in [6.07, 6.45) is 4.49. The highest BCUT2D eigenvalue weighted by molar-refractivity contribution is 5.96. The van der Waals surface area contributed by atoms with Crippen LogP contribution in [0.25, 0.3) is 11.0 Å². The van der Waals surface area contributed by atoms with E-state index in [2.05, 4.69) is 34.1 Å². The molecule has 0 spiro atoms. The van der Waals surface area contributed by atoms with Crippen molar-refractivity contribution >= 4 is 22.6 Å². The first kappa shape index (κ1) is 20.5. The van der Waals surface area contributed by atoms with Crippen molar-refractivity contribution in [1.82, 2.24) is 19.0 Å². The van der Waals surface area contributed by atoms with Gasteiger partial charge in [0.05, 0.1) is 10.9 Å². The molecule has 1 saturated heterocycles. The quantitative estimate of drug-likeness (QED) is 0.626. The van der Waals surface area contributed by atoms with Gasteiger partial charge in [0.25, 0.3) is 11.5 Å². The molecule has 0 saturated carbocycles. The number of pyridine rings is 1. The predicted octanol–water partition coefficient (Wildman–Crippen LogP) is 1.55. The molecule has 166 valence electrons. The van der Waals surface area contributed by atoms with Gasteiger partial charge in [0, 0.05) is 52.2 Å². The van der Waals surface area contributed by atoms with Crippen LogP contribution in [0.2, 0.25) is 0 Å². The maximum absolute atomic E-state index is 13.1. The van der Waals surface area contributed by atoms with Crippen LogP contribution >= 0.6 is 0 Å². The van der Waals surface area contributed by atoms with Crippen LogP contribution in [0.15, 0.2) is 46.1 Å². The van der Waals surface area contributed by atoms with Gasteiger partial charge in [-0.25, -0.2) is 9.78 Å².